The van der Waals surface area contributed by atoms with Crippen molar-refractivity contribution in [2.45, 2.75) is 130 Å². The molecule has 0 radical (unpaired) electrons. The fraction of sp³-hybridized carbons (Fsp3) is 0.333. The molecule has 8 aromatic rings. The van der Waals surface area contributed by atoms with Gasteiger partial charge in [0.2, 0.25) is 0 Å². The van der Waals surface area contributed by atoms with Crippen LogP contribution in [-0.2, 0) is 25.7 Å². The fourth-order valence-corrected chi connectivity index (χ4v) is 10.5. The molecule has 0 bridgehead atoms. The van der Waals surface area contributed by atoms with Crippen LogP contribution in [0.15, 0.2) is 121 Å². The highest BCUT2D eigenvalue weighted by Gasteiger charge is 2.37. The molecule has 16 N–H and O–H groups in total. The maximum absolute atomic E-state index is 10.4. The van der Waals surface area contributed by atoms with Crippen molar-refractivity contribution in [3.8, 4) is 115 Å². The lowest BCUT2D eigenvalue weighted by Gasteiger charge is -2.31. The van der Waals surface area contributed by atoms with Crippen LogP contribution >= 0.6 is 0 Å². The zero-order valence-electron chi connectivity index (χ0n) is 55.4. The number of ether oxygens (including phenoxy) is 8. The number of hydrogen-bond donors (Lipinski definition) is 16. The van der Waals surface area contributed by atoms with Gasteiger partial charge in [-0.25, -0.2) is 0 Å². The summed E-state index contributed by atoms with van der Waals surface area (Å²) in [6.07, 6.45) is -5.62. The number of fused-ring (bicyclic) bond motifs is 4. The highest BCUT2D eigenvalue weighted by Crippen LogP contribution is 2.48. The van der Waals surface area contributed by atoms with E-state index in [9.17, 15) is 81.7 Å². The number of methoxy groups -OCH3 is 4. The van der Waals surface area contributed by atoms with Crippen LogP contribution < -0.4 is 37.9 Å². The van der Waals surface area contributed by atoms with Gasteiger partial charge in [-0.1, -0.05) is 79.7 Å². The normalized spacial score (nSPS) is 18.7. The van der Waals surface area contributed by atoms with E-state index in [2.05, 4.69) is 0 Å². The summed E-state index contributed by atoms with van der Waals surface area (Å²) in [5.74, 6) is 1.38. The Morgan fingerprint density at radius 3 is 0.812 bits per heavy atom. The molecule has 0 saturated heterocycles. The summed E-state index contributed by atoms with van der Waals surface area (Å²) in [5.41, 5.74) is 4.17. The summed E-state index contributed by atoms with van der Waals surface area (Å²) in [6, 6.07) is 29.1. The van der Waals surface area contributed by atoms with Crippen LogP contribution in [0.3, 0.4) is 0 Å². The fourth-order valence-electron chi connectivity index (χ4n) is 10.5. The Hall–Kier alpha value is -10.4. The number of aromatic hydroxyl groups is 12. The van der Waals surface area contributed by atoms with Crippen molar-refractivity contribution in [3.63, 3.8) is 0 Å². The first-order chi connectivity index (χ1) is 46.0. The van der Waals surface area contributed by atoms with E-state index in [1.807, 2.05) is 55.4 Å². The maximum Gasteiger partial charge on any atom is 0.161 e. The van der Waals surface area contributed by atoms with Crippen molar-refractivity contribution < 1.29 is 120 Å². The molecule has 0 aromatic heterocycles. The second-order valence-corrected chi connectivity index (χ2v) is 20.7. The van der Waals surface area contributed by atoms with Crippen molar-refractivity contribution in [2.24, 2.45) is 0 Å². The number of benzene rings is 8. The van der Waals surface area contributed by atoms with Crippen LogP contribution in [0.1, 0.15) is 124 Å². The first-order valence-electron chi connectivity index (χ1n) is 31.0. The number of hydrogen-bond acceptors (Lipinski definition) is 24. The zero-order valence-corrected chi connectivity index (χ0v) is 55.4. The third-order valence-corrected chi connectivity index (χ3v) is 14.9. The molecule has 0 spiro atoms. The van der Waals surface area contributed by atoms with Crippen LogP contribution in [0.4, 0.5) is 0 Å². The monoisotopic (exact) mass is 1340 g/mol. The Morgan fingerprint density at radius 2 is 0.521 bits per heavy atom. The Labute approximate surface area is 556 Å². The van der Waals surface area contributed by atoms with Gasteiger partial charge in [0.1, 0.15) is 93.4 Å². The number of aliphatic hydroxyl groups excluding tert-OH is 4. The Bertz CT molecular complexity index is 3840. The number of phenols is 12. The van der Waals surface area contributed by atoms with Gasteiger partial charge >= 0.3 is 0 Å². The van der Waals surface area contributed by atoms with Crippen LogP contribution in [0, 0.1) is 0 Å². The van der Waals surface area contributed by atoms with Gasteiger partial charge in [0, 0.05) is 96.5 Å². The average molecular weight is 1340 g/mol. The van der Waals surface area contributed by atoms with Crippen LogP contribution in [0.5, 0.6) is 115 Å². The molecule has 4 aliphatic heterocycles. The van der Waals surface area contributed by atoms with E-state index in [4.69, 9.17) is 37.9 Å². The van der Waals surface area contributed by atoms with E-state index in [1.165, 1.54) is 100 Å². The van der Waals surface area contributed by atoms with Gasteiger partial charge in [0.25, 0.3) is 0 Å². The van der Waals surface area contributed by atoms with Crippen molar-refractivity contribution in [2.75, 3.05) is 28.4 Å². The van der Waals surface area contributed by atoms with Crippen LogP contribution in [0.2, 0.25) is 0 Å². The standard InChI is InChI=1S/C17H18O6.2C16H16O6.C15H14O6.4C2H6/c1-21-14-4-3-9(5-16(14)22-2)17-13(20)8-11-12(19)6-10(18)7-15(11)23-17;1-21-14-3-2-8(4-12(14)19)16-13(20)7-10-11(18)5-9(17)6-15(10)22-16;1-21-15-4-8(2-3-11(15)18)16-13(20)7-10-12(19)5-9(17)6-14(10)22-16;16-8-4-11(18)9-6-13(20)15(21-14(9)5-8)7-1-2-10(17)12(19)3-7;4*1-2/h3-7,13,17-20H,8H2,1-2H3;2*2-6,13,16-20H,7H2,1H3;1-5,13,15-20H,6H2;4*1-2H3/t13-,17-;2*13-,16-;13-,15-;;;;/m1111..../s1. The van der Waals surface area contributed by atoms with Crippen molar-refractivity contribution in [3.05, 3.63) is 166 Å². The highest BCUT2D eigenvalue weighted by atomic mass is 16.5. The summed E-state index contributed by atoms with van der Waals surface area (Å²) in [6.45, 7) is 16.0. The first-order valence-corrected chi connectivity index (χ1v) is 31.0. The van der Waals surface area contributed by atoms with Crippen LogP contribution in [0.25, 0.3) is 0 Å². The van der Waals surface area contributed by atoms with E-state index in [0.29, 0.717) is 79.0 Å². The molecule has 24 nitrogen and oxygen atoms in total. The predicted molar refractivity (Wildman–Crippen MR) is 355 cm³/mol. The lowest BCUT2D eigenvalue weighted by atomic mass is 9.94. The molecule has 4 aliphatic rings. The Balaban J connectivity index is 0.000000223. The summed E-state index contributed by atoms with van der Waals surface area (Å²) in [7, 11) is 5.96. The highest BCUT2D eigenvalue weighted by molar-refractivity contribution is 5.56. The van der Waals surface area contributed by atoms with Gasteiger partial charge in [-0.05, 0) is 70.8 Å². The van der Waals surface area contributed by atoms with E-state index in [0.717, 1.165) is 0 Å². The molecule has 0 amide bonds. The molecule has 4 heterocycles. The molecule has 96 heavy (non-hydrogen) atoms. The second kappa shape index (κ2) is 35.2. The van der Waals surface area contributed by atoms with E-state index < -0.39 is 48.8 Å². The first kappa shape index (κ1) is 76.3. The average Bonchev–Trinajstić information content (AvgIpc) is 0.812. The largest absolute Gasteiger partial charge is 0.508 e. The number of rotatable bonds is 8. The maximum atomic E-state index is 10.4. The van der Waals surface area contributed by atoms with Crippen molar-refractivity contribution >= 4 is 0 Å². The van der Waals surface area contributed by atoms with Gasteiger partial charge in [-0.3, -0.25) is 0 Å². The number of phenolic OH excluding ortho intramolecular Hbond substituents is 12. The van der Waals surface area contributed by atoms with Gasteiger partial charge in [0.15, 0.2) is 46.0 Å². The minimum atomic E-state index is -0.933. The Kier molecular flexibility index (Phi) is 28.0. The summed E-state index contributed by atoms with van der Waals surface area (Å²) in [4.78, 5) is 0. The lowest BCUT2D eigenvalue weighted by Crippen LogP contribution is -2.30. The SMILES string of the molecule is CC.CC.CC.CC.COc1cc([C@H]2Oc3cc(O)cc(O)c3C[C@H]2O)ccc1O.COc1ccc([C@H]2Oc3cc(O)cc(O)c3C[C@H]2O)cc1O.COc1ccc([C@H]2Oc3cc(O)cc(O)c3C[C@H]2O)cc1OC.Oc1cc(O)c2c(c1)O[C@H](c1ccc(O)c(O)c1)[C@H](O)C2. The zero-order chi connectivity index (χ0) is 71.4. The minimum Gasteiger partial charge on any atom is -0.508 e. The molecular formula is C72H88O24. The van der Waals surface area contributed by atoms with Gasteiger partial charge in [0.05, 0.1) is 52.9 Å². The van der Waals surface area contributed by atoms with Gasteiger partial charge < -0.3 is 120 Å². The quantitative estimate of drug-likeness (QED) is 0.0628. The summed E-state index contributed by atoms with van der Waals surface area (Å²) < 4.78 is 43.3. The minimum absolute atomic E-state index is 0.00719. The second-order valence-electron chi connectivity index (χ2n) is 20.7. The van der Waals surface area contributed by atoms with Crippen LogP contribution in [-0.4, -0.2) is 135 Å². The third-order valence-electron chi connectivity index (χ3n) is 14.9. The van der Waals surface area contributed by atoms with Crippen molar-refractivity contribution in [1.82, 2.24) is 0 Å². The van der Waals surface area contributed by atoms with Gasteiger partial charge in [-0.15, -0.1) is 0 Å². The Morgan fingerprint density at radius 1 is 0.260 bits per heavy atom. The molecule has 8 aromatic carbocycles. The molecular weight excluding hydrogens is 1250 g/mol. The molecule has 0 unspecified atom stereocenters. The lowest BCUT2D eigenvalue weighted by molar-refractivity contribution is 0.0196. The smallest absolute Gasteiger partial charge is 0.161 e. The molecule has 0 saturated carbocycles. The molecule has 0 fully saturated rings. The van der Waals surface area contributed by atoms with E-state index >= 15 is 0 Å². The number of aliphatic hydroxyl groups is 4. The predicted octanol–water partition coefficient (Wildman–Crippen LogP) is 11.5. The van der Waals surface area contributed by atoms with E-state index in [-0.39, 0.29) is 106 Å². The van der Waals surface area contributed by atoms with E-state index in [1.54, 1.807) is 49.6 Å². The molecule has 12 rings (SSSR count). The molecule has 520 valence electrons. The molecule has 0 aliphatic carbocycles. The molecule has 24 heteroatoms. The summed E-state index contributed by atoms with van der Waals surface area (Å²) in [5, 5.41) is 157. The topological polar surface area (TPSA) is 398 Å². The third kappa shape index (κ3) is 18.1. The van der Waals surface area contributed by atoms with Gasteiger partial charge in [-0.2, -0.15) is 0 Å². The van der Waals surface area contributed by atoms with Crippen molar-refractivity contribution in [1.29, 1.82) is 0 Å². The molecule has 8 atom stereocenters. The summed E-state index contributed by atoms with van der Waals surface area (Å²) >= 11 is 0.